The summed E-state index contributed by atoms with van der Waals surface area (Å²) in [5, 5.41) is 13.7. The quantitative estimate of drug-likeness (QED) is 0.431. The van der Waals surface area contributed by atoms with Gasteiger partial charge in [0.2, 0.25) is 5.91 Å². The van der Waals surface area contributed by atoms with Crippen molar-refractivity contribution in [2.24, 2.45) is 0 Å². The standard InChI is InChI=1S/C19H20N2O6/c1-4-27-17-9-5-13(11-18(17)26-3)6-10-19(22)20-15-8-7-14(25-2)12-16(15)21(23)24/h5-12H,4H2,1-3H3,(H,20,22)/b10-6+. The summed E-state index contributed by atoms with van der Waals surface area (Å²) in [4.78, 5) is 22.7. The molecule has 142 valence electrons. The zero-order valence-corrected chi connectivity index (χ0v) is 15.2. The second-order valence-electron chi connectivity index (χ2n) is 5.31. The zero-order valence-electron chi connectivity index (χ0n) is 15.2. The molecule has 0 spiro atoms. The van der Waals surface area contributed by atoms with Gasteiger partial charge in [-0.05, 0) is 42.8 Å². The van der Waals surface area contributed by atoms with Crippen LogP contribution in [-0.2, 0) is 4.79 Å². The number of nitro benzene ring substituents is 1. The monoisotopic (exact) mass is 372 g/mol. The van der Waals surface area contributed by atoms with Gasteiger partial charge in [-0.25, -0.2) is 0 Å². The Morgan fingerprint density at radius 1 is 1.15 bits per heavy atom. The Morgan fingerprint density at radius 3 is 2.56 bits per heavy atom. The van der Waals surface area contributed by atoms with Crippen LogP contribution in [0.5, 0.6) is 17.2 Å². The van der Waals surface area contributed by atoms with Crippen LogP contribution in [0.4, 0.5) is 11.4 Å². The summed E-state index contributed by atoms with van der Waals surface area (Å²) in [6.45, 7) is 2.38. The zero-order chi connectivity index (χ0) is 19.8. The van der Waals surface area contributed by atoms with E-state index in [9.17, 15) is 14.9 Å². The minimum absolute atomic E-state index is 0.0831. The molecule has 0 aliphatic carbocycles. The van der Waals surface area contributed by atoms with Crippen molar-refractivity contribution in [1.82, 2.24) is 0 Å². The Balaban J connectivity index is 2.15. The molecule has 0 radical (unpaired) electrons. The number of nitrogens with zero attached hydrogens (tertiary/aromatic N) is 1. The smallest absolute Gasteiger partial charge is 0.296 e. The lowest BCUT2D eigenvalue weighted by Crippen LogP contribution is -2.09. The molecule has 1 N–H and O–H groups in total. The highest BCUT2D eigenvalue weighted by molar-refractivity contribution is 6.03. The summed E-state index contributed by atoms with van der Waals surface area (Å²) in [5.41, 5.74) is 0.549. The number of hydrogen-bond acceptors (Lipinski definition) is 6. The molecule has 0 bridgehead atoms. The first kappa shape index (κ1) is 19.8. The molecule has 8 heteroatoms. The number of methoxy groups -OCH3 is 2. The van der Waals surface area contributed by atoms with Gasteiger partial charge >= 0.3 is 0 Å². The van der Waals surface area contributed by atoms with Crippen LogP contribution >= 0.6 is 0 Å². The molecule has 0 atom stereocenters. The molecule has 0 saturated carbocycles. The number of rotatable bonds is 8. The van der Waals surface area contributed by atoms with Crippen molar-refractivity contribution >= 4 is 23.4 Å². The maximum absolute atomic E-state index is 12.1. The molecule has 2 rings (SSSR count). The first-order valence-corrected chi connectivity index (χ1v) is 8.10. The van der Waals surface area contributed by atoms with E-state index >= 15 is 0 Å². The second kappa shape index (κ2) is 9.23. The Morgan fingerprint density at radius 2 is 1.93 bits per heavy atom. The van der Waals surface area contributed by atoms with Crippen molar-refractivity contribution < 1.29 is 23.9 Å². The van der Waals surface area contributed by atoms with E-state index in [4.69, 9.17) is 14.2 Å². The fourth-order valence-electron chi connectivity index (χ4n) is 2.30. The molecule has 0 unspecified atom stereocenters. The summed E-state index contributed by atoms with van der Waals surface area (Å²) in [7, 11) is 2.94. The fourth-order valence-corrected chi connectivity index (χ4v) is 2.30. The summed E-state index contributed by atoms with van der Waals surface area (Å²) in [5.74, 6) is 0.980. The van der Waals surface area contributed by atoms with E-state index in [-0.39, 0.29) is 11.4 Å². The fraction of sp³-hybridized carbons (Fsp3) is 0.211. The van der Waals surface area contributed by atoms with E-state index in [1.54, 1.807) is 24.3 Å². The van der Waals surface area contributed by atoms with Gasteiger partial charge in [0.05, 0.1) is 31.8 Å². The van der Waals surface area contributed by atoms with Crippen LogP contribution in [0.1, 0.15) is 12.5 Å². The Labute approximate surface area is 156 Å². The second-order valence-corrected chi connectivity index (χ2v) is 5.31. The molecule has 0 aliphatic heterocycles. The molecule has 0 aliphatic rings. The number of amides is 1. The summed E-state index contributed by atoms with van der Waals surface area (Å²) in [6, 6.07) is 9.44. The SMILES string of the molecule is CCOc1ccc(/C=C/C(=O)Nc2ccc(OC)cc2[N+](=O)[O-])cc1OC. The van der Waals surface area contributed by atoms with Gasteiger partial charge < -0.3 is 19.5 Å². The molecule has 0 saturated heterocycles. The van der Waals surface area contributed by atoms with Crippen molar-refractivity contribution in [2.45, 2.75) is 6.92 Å². The first-order chi connectivity index (χ1) is 13.0. The van der Waals surface area contributed by atoms with E-state index in [2.05, 4.69) is 5.32 Å². The van der Waals surface area contributed by atoms with Crippen molar-refractivity contribution in [2.75, 3.05) is 26.1 Å². The molecule has 1 amide bonds. The van der Waals surface area contributed by atoms with E-state index < -0.39 is 10.8 Å². The number of ether oxygens (including phenoxy) is 3. The van der Waals surface area contributed by atoms with Gasteiger partial charge in [0, 0.05) is 6.08 Å². The molecular weight excluding hydrogens is 352 g/mol. The Bertz CT molecular complexity index is 863. The highest BCUT2D eigenvalue weighted by Crippen LogP contribution is 2.30. The number of nitro groups is 1. The number of anilines is 1. The van der Waals surface area contributed by atoms with E-state index in [1.165, 1.54) is 38.5 Å². The number of hydrogen-bond donors (Lipinski definition) is 1. The van der Waals surface area contributed by atoms with E-state index in [1.807, 2.05) is 6.92 Å². The first-order valence-electron chi connectivity index (χ1n) is 8.10. The third-order valence-electron chi connectivity index (χ3n) is 3.57. The van der Waals surface area contributed by atoms with Gasteiger partial charge in [0.25, 0.3) is 5.69 Å². The lowest BCUT2D eigenvalue weighted by molar-refractivity contribution is -0.384. The van der Waals surface area contributed by atoms with Crippen LogP contribution in [0, 0.1) is 10.1 Å². The normalized spacial score (nSPS) is 10.5. The molecule has 0 heterocycles. The number of carbonyl (C=O) groups excluding carboxylic acids is 1. The highest BCUT2D eigenvalue weighted by Gasteiger charge is 2.16. The third kappa shape index (κ3) is 5.21. The van der Waals surface area contributed by atoms with Crippen molar-refractivity contribution in [3.63, 3.8) is 0 Å². The van der Waals surface area contributed by atoms with E-state index in [0.717, 1.165) is 5.56 Å². The van der Waals surface area contributed by atoms with Gasteiger partial charge in [0.1, 0.15) is 11.4 Å². The molecule has 2 aromatic rings. The molecule has 0 aromatic heterocycles. The number of nitrogens with one attached hydrogen (secondary N) is 1. The van der Waals surface area contributed by atoms with Crippen molar-refractivity contribution in [3.8, 4) is 17.2 Å². The van der Waals surface area contributed by atoms with Gasteiger partial charge in [-0.2, -0.15) is 0 Å². The van der Waals surface area contributed by atoms with Crippen LogP contribution < -0.4 is 19.5 Å². The van der Waals surface area contributed by atoms with Crippen LogP contribution in [0.2, 0.25) is 0 Å². The average Bonchev–Trinajstić information content (AvgIpc) is 2.67. The average molecular weight is 372 g/mol. The van der Waals surface area contributed by atoms with Crippen molar-refractivity contribution in [3.05, 3.63) is 58.2 Å². The summed E-state index contributed by atoms with van der Waals surface area (Å²) in [6.07, 6.45) is 2.85. The maximum atomic E-state index is 12.1. The highest BCUT2D eigenvalue weighted by atomic mass is 16.6. The molecule has 27 heavy (non-hydrogen) atoms. The number of carbonyl (C=O) groups is 1. The lowest BCUT2D eigenvalue weighted by Gasteiger charge is -2.09. The Kier molecular flexibility index (Phi) is 6.76. The third-order valence-corrected chi connectivity index (χ3v) is 3.57. The van der Waals surface area contributed by atoms with Gasteiger partial charge in [-0.3, -0.25) is 14.9 Å². The minimum Gasteiger partial charge on any atom is -0.496 e. The molecular formula is C19H20N2O6. The maximum Gasteiger partial charge on any atom is 0.296 e. The van der Waals surface area contributed by atoms with Crippen LogP contribution in [0.3, 0.4) is 0 Å². The van der Waals surface area contributed by atoms with Crippen LogP contribution in [0.25, 0.3) is 6.08 Å². The molecule has 0 fully saturated rings. The van der Waals surface area contributed by atoms with E-state index in [0.29, 0.717) is 23.9 Å². The summed E-state index contributed by atoms with van der Waals surface area (Å²) < 4.78 is 15.7. The van der Waals surface area contributed by atoms with Gasteiger partial charge in [-0.15, -0.1) is 0 Å². The summed E-state index contributed by atoms with van der Waals surface area (Å²) >= 11 is 0. The Hall–Kier alpha value is -3.55. The topological polar surface area (TPSA) is 99.9 Å². The predicted octanol–water partition coefficient (Wildman–Crippen LogP) is 3.66. The minimum atomic E-state index is -0.584. The van der Waals surface area contributed by atoms with Crippen LogP contribution in [0.15, 0.2) is 42.5 Å². The van der Waals surface area contributed by atoms with Gasteiger partial charge in [-0.1, -0.05) is 6.07 Å². The predicted molar refractivity (Wildman–Crippen MR) is 101 cm³/mol. The lowest BCUT2D eigenvalue weighted by atomic mass is 10.2. The largest absolute Gasteiger partial charge is 0.496 e. The number of benzene rings is 2. The molecule has 8 nitrogen and oxygen atoms in total. The van der Waals surface area contributed by atoms with Gasteiger partial charge in [0.15, 0.2) is 11.5 Å². The molecule has 2 aromatic carbocycles. The van der Waals surface area contributed by atoms with Crippen molar-refractivity contribution in [1.29, 1.82) is 0 Å². The van der Waals surface area contributed by atoms with Crippen LogP contribution in [-0.4, -0.2) is 31.7 Å².